The molecule has 0 fully saturated rings. The summed E-state index contributed by atoms with van der Waals surface area (Å²) >= 11 is 0. The van der Waals surface area contributed by atoms with Crippen LogP contribution in [-0.2, 0) is 4.74 Å². The summed E-state index contributed by atoms with van der Waals surface area (Å²) in [6.07, 6.45) is 12.6. The quantitative estimate of drug-likeness (QED) is 0.278. The largest absolute Gasteiger partial charge is 2.00 e. The number of carbonyl (C=O) groups is 1. The Labute approximate surface area is 181 Å². The van der Waals surface area contributed by atoms with E-state index in [0.717, 1.165) is 12.8 Å². The van der Waals surface area contributed by atoms with Gasteiger partial charge in [-0.25, -0.2) is 4.79 Å². The van der Waals surface area contributed by atoms with Gasteiger partial charge in [-0.1, -0.05) is 76.8 Å². The number of rotatable bonds is 12. The topological polar surface area (TPSA) is 46.5 Å². The Bertz CT molecular complexity index is 421. The Morgan fingerprint density at radius 2 is 1.43 bits per heavy atom. The fourth-order valence-corrected chi connectivity index (χ4v) is 2.48. The maximum Gasteiger partial charge on any atom is 2.00 e. The van der Waals surface area contributed by atoms with E-state index in [9.17, 15) is 9.90 Å². The number of aromatic hydroxyl groups is 1. The second kappa shape index (κ2) is 15.6. The molecule has 0 unspecified atom stereocenters. The van der Waals surface area contributed by atoms with Gasteiger partial charge in [-0.2, -0.15) is 0 Å². The number of unbranched alkanes of at least 4 members (excludes halogenated alkanes) is 9. The number of carbonyl (C=O) groups excluding carboxylic acids is 1. The molecule has 4 heteroatoms. The molecule has 0 aliphatic rings. The van der Waals surface area contributed by atoms with Gasteiger partial charge >= 0.3 is 54.9 Å². The number of para-hydroxylation sites is 1. The first-order valence-electron chi connectivity index (χ1n) is 8.70. The summed E-state index contributed by atoms with van der Waals surface area (Å²) in [5.41, 5.74) is 0.245. The third-order valence-electron chi connectivity index (χ3n) is 3.86. The van der Waals surface area contributed by atoms with Crippen LogP contribution >= 0.6 is 0 Å². The molecule has 0 radical (unpaired) electrons. The maximum absolute atomic E-state index is 11.7. The molecule has 1 aromatic carbocycles. The standard InChI is InChI=1S/C19H30O3.Ba/c1-2-3-4-5-6-7-8-9-10-13-16-22-19(21)17-14-11-12-15-18(17)20;/h11-12,14-15,20H,2-10,13,16H2,1H3;/q;+2. The smallest absolute Gasteiger partial charge is 0.507 e. The number of ether oxygens (including phenoxy) is 1. The zero-order valence-corrected chi connectivity index (χ0v) is 19.0. The van der Waals surface area contributed by atoms with E-state index in [-0.39, 0.29) is 60.2 Å². The van der Waals surface area contributed by atoms with E-state index >= 15 is 0 Å². The predicted octanol–water partition coefficient (Wildman–Crippen LogP) is 5.09. The van der Waals surface area contributed by atoms with Crippen LogP contribution in [0.1, 0.15) is 81.5 Å². The van der Waals surface area contributed by atoms with E-state index in [1.54, 1.807) is 18.2 Å². The molecule has 0 atom stereocenters. The average molecular weight is 444 g/mol. The number of benzene rings is 1. The molecule has 1 rings (SSSR count). The molecule has 0 aromatic heterocycles. The second-order valence-electron chi connectivity index (χ2n) is 5.84. The first kappa shape index (κ1) is 23.1. The molecule has 23 heavy (non-hydrogen) atoms. The second-order valence-corrected chi connectivity index (χ2v) is 5.84. The van der Waals surface area contributed by atoms with E-state index in [2.05, 4.69) is 6.92 Å². The third-order valence-corrected chi connectivity index (χ3v) is 3.86. The number of hydrogen-bond donors (Lipinski definition) is 1. The number of esters is 1. The molecule has 1 N–H and O–H groups in total. The maximum atomic E-state index is 11.7. The Hall–Kier alpha value is 0.0614. The molecule has 0 aliphatic heterocycles. The van der Waals surface area contributed by atoms with Crippen molar-refractivity contribution in [3.63, 3.8) is 0 Å². The predicted molar refractivity (Wildman–Crippen MR) is 96.0 cm³/mol. The van der Waals surface area contributed by atoms with Crippen molar-refractivity contribution in [3.05, 3.63) is 29.8 Å². The summed E-state index contributed by atoms with van der Waals surface area (Å²) in [5.74, 6) is -0.454. The summed E-state index contributed by atoms with van der Waals surface area (Å²) in [4.78, 5) is 11.7. The summed E-state index contributed by atoms with van der Waals surface area (Å²) in [7, 11) is 0. The van der Waals surface area contributed by atoms with Crippen LogP contribution in [0.3, 0.4) is 0 Å². The fourth-order valence-electron chi connectivity index (χ4n) is 2.48. The van der Waals surface area contributed by atoms with Crippen molar-refractivity contribution >= 4 is 54.9 Å². The van der Waals surface area contributed by atoms with Gasteiger partial charge in [0.2, 0.25) is 0 Å². The van der Waals surface area contributed by atoms with E-state index in [1.807, 2.05) is 0 Å². The van der Waals surface area contributed by atoms with E-state index in [1.165, 1.54) is 57.4 Å². The van der Waals surface area contributed by atoms with Gasteiger partial charge in [0, 0.05) is 0 Å². The number of phenols is 1. The molecule has 0 spiro atoms. The normalized spacial score (nSPS) is 10.1. The monoisotopic (exact) mass is 444 g/mol. The molecule has 0 amide bonds. The number of hydrogen-bond acceptors (Lipinski definition) is 3. The van der Waals surface area contributed by atoms with Crippen LogP contribution < -0.4 is 0 Å². The fraction of sp³-hybridized carbons (Fsp3) is 0.632. The van der Waals surface area contributed by atoms with Crippen molar-refractivity contribution < 1.29 is 14.6 Å². The molecule has 3 nitrogen and oxygen atoms in total. The Morgan fingerprint density at radius 3 is 2.00 bits per heavy atom. The first-order valence-corrected chi connectivity index (χ1v) is 8.70. The van der Waals surface area contributed by atoms with Gasteiger partial charge in [0.15, 0.2) is 0 Å². The van der Waals surface area contributed by atoms with Gasteiger partial charge in [-0.05, 0) is 18.6 Å². The van der Waals surface area contributed by atoms with Crippen LogP contribution in [0.5, 0.6) is 5.75 Å². The van der Waals surface area contributed by atoms with Gasteiger partial charge in [-0.15, -0.1) is 0 Å². The van der Waals surface area contributed by atoms with Crippen LogP contribution in [0.25, 0.3) is 0 Å². The van der Waals surface area contributed by atoms with E-state index in [4.69, 9.17) is 4.74 Å². The zero-order valence-electron chi connectivity index (χ0n) is 14.6. The third kappa shape index (κ3) is 11.3. The molecule has 0 aliphatic carbocycles. The van der Waals surface area contributed by atoms with Crippen molar-refractivity contribution in [1.82, 2.24) is 0 Å². The van der Waals surface area contributed by atoms with Gasteiger partial charge < -0.3 is 9.84 Å². The van der Waals surface area contributed by atoms with Crippen LogP contribution in [0, 0.1) is 0 Å². The molecule has 0 heterocycles. The minimum atomic E-state index is -0.436. The molecule has 0 saturated heterocycles. The van der Waals surface area contributed by atoms with Gasteiger partial charge in [-0.3, -0.25) is 0 Å². The first-order chi connectivity index (χ1) is 10.8. The summed E-state index contributed by atoms with van der Waals surface area (Å²) in [6, 6.07) is 6.48. The molecular weight excluding hydrogens is 414 g/mol. The minimum Gasteiger partial charge on any atom is -0.507 e. The summed E-state index contributed by atoms with van der Waals surface area (Å²) in [6.45, 7) is 2.68. The Kier molecular flexibility index (Phi) is 15.6. The van der Waals surface area contributed by atoms with Gasteiger partial charge in [0.1, 0.15) is 11.3 Å². The minimum absolute atomic E-state index is 0. The summed E-state index contributed by atoms with van der Waals surface area (Å²) in [5, 5.41) is 9.56. The molecule has 0 bridgehead atoms. The molecular formula is C19H30BaO3+2. The van der Waals surface area contributed by atoms with Crippen molar-refractivity contribution in [2.75, 3.05) is 6.61 Å². The van der Waals surface area contributed by atoms with Crippen molar-refractivity contribution in [2.45, 2.75) is 71.1 Å². The zero-order chi connectivity index (χ0) is 16.0. The molecule has 1 aromatic rings. The van der Waals surface area contributed by atoms with Crippen LogP contribution in [0.4, 0.5) is 0 Å². The van der Waals surface area contributed by atoms with Gasteiger partial charge in [0.05, 0.1) is 6.61 Å². The van der Waals surface area contributed by atoms with Crippen LogP contribution in [-0.4, -0.2) is 66.6 Å². The van der Waals surface area contributed by atoms with Crippen molar-refractivity contribution in [3.8, 4) is 5.75 Å². The van der Waals surface area contributed by atoms with Gasteiger partial charge in [0.25, 0.3) is 0 Å². The van der Waals surface area contributed by atoms with Crippen LogP contribution in [0.2, 0.25) is 0 Å². The van der Waals surface area contributed by atoms with E-state index in [0.29, 0.717) is 6.61 Å². The van der Waals surface area contributed by atoms with Crippen molar-refractivity contribution in [1.29, 1.82) is 0 Å². The number of phenolic OH excluding ortho intramolecular Hbond substituents is 1. The molecule has 124 valence electrons. The van der Waals surface area contributed by atoms with Crippen molar-refractivity contribution in [2.24, 2.45) is 0 Å². The molecule has 0 saturated carbocycles. The average Bonchev–Trinajstić information content (AvgIpc) is 2.53. The van der Waals surface area contributed by atoms with Crippen LogP contribution in [0.15, 0.2) is 24.3 Å². The summed E-state index contributed by atoms with van der Waals surface area (Å²) < 4.78 is 5.18. The van der Waals surface area contributed by atoms with E-state index < -0.39 is 5.97 Å². The Balaban J connectivity index is 0.00000484. The SMILES string of the molecule is CCCCCCCCCCCCOC(=O)c1ccccc1O.[Ba+2]. The Morgan fingerprint density at radius 1 is 0.913 bits per heavy atom.